The van der Waals surface area contributed by atoms with Gasteiger partial charge in [0, 0.05) is 14.1 Å². The highest BCUT2D eigenvalue weighted by Crippen LogP contribution is 2.27. The summed E-state index contributed by atoms with van der Waals surface area (Å²) in [6.45, 7) is 0. The topological polar surface area (TPSA) is 90.0 Å². The molecule has 8 heteroatoms. The average Bonchev–Trinajstić information content (AvgIpc) is 2.57. The number of aromatic nitrogens is 4. The second-order valence-corrected chi connectivity index (χ2v) is 6.44. The predicted molar refractivity (Wildman–Crippen MR) is 89.9 cm³/mol. The molecule has 0 saturated heterocycles. The van der Waals surface area contributed by atoms with Gasteiger partial charge in [0.15, 0.2) is 22.0 Å². The van der Waals surface area contributed by atoms with E-state index in [-0.39, 0.29) is 22.0 Å². The molecule has 0 unspecified atom stereocenters. The Kier molecular flexibility index (Phi) is 4.20. The normalized spacial score (nSPS) is 16.7. The maximum Gasteiger partial charge on any atom is 0.332 e. The fourth-order valence-corrected chi connectivity index (χ4v) is 3.04. The molecule has 1 aliphatic rings. The minimum atomic E-state index is -1.04. The number of hydrogen-bond donors (Lipinski definition) is 1. The minimum absolute atomic E-state index is 0.00604. The van der Waals surface area contributed by atoms with E-state index in [9.17, 15) is 14.7 Å². The van der Waals surface area contributed by atoms with E-state index in [4.69, 9.17) is 11.6 Å². The fourth-order valence-electron chi connectivity index (χ4n) is 2.86. The first-order chi connectivity index (χ1) is 11.3. The van der Waals surface area contributed by atoms with Gasteiger partial charge in [0.1, 0.15) is 5.60 Å². The Morgan fingerprint density at radius 1 is 1.12 bits per heavy atom. The summed E-state index contributed by atoms with van der Waals surface area (Å²) in [6, 6.07) is 0. The van der Waals surface area contributed by atoms with E-state index in [1.165, 1.54) is 18.7 Å². The highest BCUT2D eigenvalue weighted by Gasteiger charge is 2.26. The van der Waals surface area contributed by atoms with E-state index < -0.39 is 16.9 Å². The van der Waals surface area contributed by atoms with Crippen LogP contribution in [0.25, 0.3) is 11.2 Å². The Morgan fingerprint density at radius 2 is 1.79 bits per heavy atom. The largest absolute Gasteiger partial charge is 0.378 e. The first-order valence-electron chi connectivity index (χ1n) is 7.71. The first kappa shape index (κ1) is 16.7. The van der Waals surface area contributed by atoms with Crippen molar-refractivity contribution >= 4 is 22.8 Å². The van der Waals surface area contributed by atoms with E-state index in [0.717, 1.165) is 23.8 Å². The van der Waals surface area contributed by atoms with Crippen LogP contribution in [0.3, 0.4) is 0 Å². The number of aliphatic hydroxyl groups is 1. The van der Waals surface area contributed by atoms with Crippen molar-refractivity contribution in [3.8, 4) is 11.8 Å². The number of hydrogen-bond acceptors (Lipinski definition) is 5. The molecule has 3 rings (SSSR count). The maximum atomic E-state index is 12.1. The van der Waals surface area contributed by atoms with Crippen molar-refractivity contribution in [2.24, 2.45) is 14.1 Å². The molecule has 7 nitrogen and oxygen atoms in total. The van der Waals surface area contributed by atoms with Crippen LogP contribution < -0.4 is 11.2 Å². The molecule has 0 atom stereocenters. The monoisotopic (exact) mass is 348 g/mol. The number of halogens is 1. The van der Waals surface area contributed by atoms with Crippen molar-refractivity contribution in [2.75, 3.05) is 0 Å². The lowest BCUT2D eigenvalue weighted by Crippen LogP contribution is -2.37. The molecular weight excluding hydrogens is 332 g/mol. The molecule has 0 amide bonds. The Labute approximate surface area is 142 Å². The second kappa shape index (κ2) is 6.04. The number of rotatable bonds is 0. The van der Waals surface area contributed by atoms with Crippen LogP contribution in [0.1, 0.15) is 37.8 Å². The lowest BCUT2D eigenvalue weighted by atomic mass is 9.85. The van der Waals surface area contributed by atoms with Crippen LogP contribution in [0.15, 0.2) is 9.59 Å². The van der Waals surface area contributed by atoms with Crippen molar-refractivity contribution < 1.29 is 5.11 Å². The highest BCUT2D eigenvalue weighted by atomic mass is 35.5. The predicted octanol–water partition coefficient (Wildman–Crippen LogP) is 0.727. The second-order valence-electron chi connectivity index (χ2n) is 6.08. The van der Waals surface area contributed by atoms with Gasteiger partial charge < -0.3 is 5.11 Å². The Morgan fingerprint density at radius 3 is 2.46 bits per heavy atom. The number of fused-ring (bicyclic) bond motifs is 1. The van der Waals surface area contributed by atoms with Gasteiger partial charge >= 0.3 is 5.69 Å². The molecule has 0 aromatic carbocycles. The van der Waals surface area contributed by atoms with Crippen LogP contribution in [-0.4, -0.2) is 29.8 Å². The van der Waals surface area contributed by atoms with Crippen LogP contribution in [0.4, 0.5) is 0 Å². The average molecular weight is 349 g/mol. The molecule has 24 heavy (non-hydrogen) atoms. The Balaban J connectivity index is 2.16. The van der Waals surface area contributed by atoms with Gasteiger partial charge in [-0.2, -0.15) is 0 Å². The van der Waals surface area contributed by atoms with Crippen LogP contribution in [0.2, 0.25) is 5.15 Å². The molecule has 0 radical (unpaired) electrons. The molecular formula is C16H17ClN4O3. The lowest BCUT2D eigenvalue weighted by molar-refractivity contribution is 0.0610. The van der Waals surface area contributed by atoms with E-state index in [0.29, 0.717) is 12.8 Å². The van der Waals surface area contributed by atoms with Gasteiger partial charge in [0.25, 0.3) is 5.56 Å². The van der Waals surface area contributed by atoms with Gasteiger partial charge in [-0.25, -0.2) is 14.8 Å². The van der Waals surface area contributed by atoms with Crippen LogP contribution in [0, 0.1) is 11.8 Å². The molecule has 1 fully saturated rings. The Bertz CT molecular complexity index is 991. The van der Waals surface area contributed by atoms with Gasteiger partial charge in [0.05, 0.1) is 0 Å². The van der Waals surface area contributed by atoms with Crippen molar-refractivity contribution in [2.45, 2.75) is 37.7 Å². The fraction of sp³-hybridized carbons (Fsp3) is 0.500. The summed E-state index contributed by atoms with van der Waals surface area (Å²) < 4.78 is 2.17. The minimum Gasteiger partial charge on any atom is -0.378 e. The summed E-state index contributed by atoms with van der Waals surface area (Å²) in [6.07, 6.45) is 4.15. The van der Waals surface area contributed by atoms with E-state index >= 15 is 0 Å². The summed E-state index contributed by atoms with van der Waals surface area (Å²) in [5, 5.41) is 10.4. The first-order valence-corrected chi connectivity index (χ1v) is 8.09. The SMILES string of the molecule is Cn1c(=O)c2nc(Cl)c(C#CC3(O)CCCCC3)nc2n(C)c1=O. The van der Waals surface area contributed by atoms with Gasteiger partial charge in [-0.05, 0) is 31.6 Å². The Hall–Kier alpha value is -2.17. The molecule has 1 aliphatic carbocycles. The molecule has 2 heterocycles. The van der Waals surface area contributed by atoms with Crippen molar-refractivity contribution in [1.82, 2.24) is 19.1 Å². The third-order valence-corrected chi connectivity index (χ3v) is 4.59. The molecule has 2 aromatic heterocycles. The zero-order valence-corrected chi connectivity index (χ0v) is 14.2. The molecule has 0 spiro atoms. The van der Waals surface area contributed by atoms with Crippen molar-refractivity contribution in [3.63, 3.8) is 0 Å². The van der Waals surface area contributed by atoms with Crippen LogP contribution >= 0.6 is 11.6 Å². The molecule has 1 N–H and O–H groups in total. The summed E-state index contributed by atoms with van der Waals surface area (Å²) in [4.78, 5) is 32.4. The van der Waals surface area contributed by atoms with Gasteiger partial charge in [0.2, 0.25) is 0 Å². The molecule has 2 aromatic rings. The molecule has 1 saturated carbocycles. The summed E-state index contributed by atoms with van der Waals surface area (Å²) >= 11 is 6.09. The summed E-state index contributed by atoms with van der Waals surface area (Å²) in [5.74, 6) is 5.59. The zero-order valence-electron chi connectivity index (χ0n) is 13.5. The van der Waals surface area contributed by atoms with Crippen molar-refractivity contribution in [3.05, 3.63) is 31.7 Å². The zero-order chi connectivity index (χ0) is 17.5. The van der Waals surface area contributed by atoms with Crippen LogP contribution in [-0.2, 0) is 14.1 Å². The van der Waals surface area contributed by atoms with Gasteiger partial charge in [-0.3, -0.25) is 13.9 Å². The summed E-state index contributed by atoms with van der Waals surface area (Å²) in [7, 11) is 2.87. The van der Waals surface area contributed by atoms with Gasteiger partial charge in [-0.15, -0.1) is 0 Å². The smallest absolute Gasteiger partial charge is 0.332 e. The standard InChI is InChI=1S/C16H17ClN4O3/c1-20-13-11(14(22)21(2)15(20)23)19-12(17)10(18-13)6-9-16(24)7-4-3-5-8-16/h24H,3-5,7-8H2,1-2H3. The van der Waals surface area contributed by atoms with Gasteiger partial charge in [-0.1, -0.05) is 23.9 Å². The molecule has 0 aliphatic heterocycles. The van der Waals surface area contributed by atoms with E-state index in [2.05, 4.69) is 21.8 Å². The number of nitrogens with zero attached hydrogens (tertiary/aromatic N) is 4. The van der Waals surface area contributed by atoms with Crippen molar-refractivity contribution in [1.29, 1.82) is 0 Å². The third-order valence-electron chi connectivity index (χ3n) is 4.33. The summed E-state index contributed by atoms with van der Waals surface area (Å²) in [5.41, 5.74) is -1.84. The highest BCUT2D eigenvalue weighted by molar-refractivity contribution is 6.30. The lowest BCUT2D eigenvalue weighted by Gasteiger charge is -2.26. The molecule has 126 valence electrons. The quantitative estimate of drug-likeness (QED) is 0.709. The van der Waals surface area contributed by atoms with E-state index in [1.807, 2.05) is 0 Å². The molecule has 0 bridgehead atoms. The van der Waals surface area contributed by atoms with E-state index in [1.54, 1.807) is 0 Å². The maximum absolute atomic E-state index is 12.1. The third kappa shape index (κ3) is 2.83. The number of aryl methyl sites for hydroxylation is 1. The van der Waals surface area contributed by atoms with Crippen LogP contribution in [0.5, 0.6) is 0 Å².